The van der Waals surface area contributed by atoms with E-state index in [0.717, 1.165) is 44.3 Å². The fourth-order valence-corrected chi connectivity index (χ4v) is 3.77. The van der Waals surface area contributed by atoms with Gasteiger partial charge in [-0.25, -0.2) is 15.0 Å². The average Bonchev–Trinajstić information content (AvgIpc) is 3.13. The van der Waals surface area contributed by atoms with Crippen LogP contribution in [0.1, 0.15) is 12.0 Å². The Hall–Kier alpha value is -2.39. The molecule has 1 saturated heterocycles. The molecule has 0 atom stereocenters. The number of imidazole rings is 1. The van der Waals surface area contributed by atoms with E-state index in [1.165, 1.54) is 18.5 Å². The molecule has 1 aliphatic heterocycles. The molecule has 3 aromatic rings. The highest BCUT2D eigenvalue weighted by atomic mass is 35.5. The highest BCUT2D eigenvalue weighted by Crippen LogP contribution is 2.31. The Labute approximate surface area is 170 Å². The van der Waals surface area contributed by atoms with Crippen molar-refractivity contribution < 1.29 is 13.2 Å². The van der Waals surface area contributed by atoms with Crippen LogP contribution in [0.2, 0.25) is 5.15 Å². The number of aryl methyl sites for hydroxylation is 1. The van der Waals surface area contributed by atoms with Crippen molar-refractivity contribution in [2.45, 2.75) is 19.1 Å². The molecule has 0 amide bonds. The number of piperazine rings is 1. The van der Waals surface area contributed by atoms with Crippen molar-refractivity contribution in [3.05, 3.63) is 47.6 Å². The number of fused-ring (bicyclic) bond motifs is 1. The van der Waals surface area contributed by atoms with Crippen LogP contribution in [-0.4, -0.2) is 57.1 Å². The van der Waals surface area contributed by atoms with Gasteiger partial charge in [-0.15, -0.1) is 0 Å². The van der Waals surface area contributed by atoms with E-state index in [4.69, 9.17) is 11.6 Å². The largest absolute Gasteiger partial charge is 0.416 e. The second-order valence-corrected chi connectivity index (χ2v) is 7.36. The maximum absolute atomic E-state index is 12.9. The van der Waals surface area contributed by atoms with E-state index in [2.05, 4.69) is 19.9 Å². The summed E-state index contributed by atoms with van der Waals surface area (Å²) in [5.74, 6) is 0. The first-order valence-electron chi connectivity index (χ1n) is 9.38. The number of anilines is 1. The smallest absolute Gasteiger partial charge is 0.369 e. The number of benzene rings is 1. The van der Waals surface area contributed by atoms with Gasteiger partial charge >= 0.3 is 6.18 Å². The van der Waals surface area contributed by atoms with Gasteiger partial charge in [0.25, 0.3) is 0 Å². The predicted molar refractivity (Wildman–Crippen MR) is 105 cm³/mol. The van der Waals surface area contributed by atoms with Gasteiger partial charge < -0.3 is 9.47 Å². The second-order valence-electron chi connectivity index (χ2n) is 7.00. The molecule has 10 heteroatoms. The predicted octanol–water partition coefficient (Wildman–Crippen LogP) is 3.71. The molecule has 0 saturated carbocycles. The summed E-state index contributed by atoms with van der Waals surface area (Å²) in [5.41, 5.74) is 1.35. The standard InChI is InChI=1S/C19H20ClF3N6/c20-17-16-18(25-12-24-17)29(13-26-16)6-2-5-27-7-9-28(10-8-27)15-4-1-3-14(11-15)19(21,22)23/h1,3-4,11-13H,2,5-10H2. The van der Waals surface area contributed by atoms with E-state index in [1.54, 1.807) is 12.4 Å². The third-order valence-corrected chi connectivity index (χ3v) is 5.42. The summed E-state index contributed by atoms with van der Waals surface area (Å²) in [6.45, 7) is 4.70. The van der Waals surface area contributed by atoms with Crippen LogP contribution >= 0.6 is 11.6 Å². The van der Waals surface area contributed by atoms with E-state index in [-0.39, 0.29) is 0 Å². The number of rotatable bonds is 5. The normalized spacial score (nSPS) is 15.9. The summed E-state index contributed by atoms with van der Waals surface area (Å²) in [6.07, 6.45) is -0.256. The monoisotopic (exact) mass is 424 g/mol. The molecule has 154 valence electrons. The minimum atomic E-state index is -4.32. The van der Waals surface area contributed by atoms with E-state index >= 15 is 0 Å². The molecule has 0 radical (unpaired) electrons. The Bertz CT molecular complexity index is 981. The van der Waals surface area contributed by atoms with Crippen molar-refractivity contribution in [2.24, 2.45) is 0 Å². The van der Waals surface area contributed by atoms with Crippen molar-refractivity contribution in [1.82, 2.24) is 24.4 Å². The van der Waals surface area contributed by atoms with Gasteiger partial charge in [0.05, 0.1) is 11.9 Å². The lowest BCUT2D eigenvalue weighted by atomic mass is 10.1. The molecule has 1 aliphatic rings. The Morgan fingerprint density at radius 3 is 2.55 bits per heavy atom. The Morgan fingerprint density at radius 2 is 1.79 bits per heavy atom. The van der Waals surface area contributed by atoms with Crippen LogP contribution < -0.4 is 4.90 Å². The van der Waals surface area contributed by atoms with Gasteiger partial charge in [-0.05, 0) is 31.2 Å². The van der Waals surface area contributed by atoms with Gasteiger partial charge in [-0.3, -0.25) is 4.90 Å². The SMILES string of the molecule is FC(F)(F)c1cccc(N2CCN(CCCn3cnc4c(Cl)ncnc43)CC2)c1. The average molecular weight is 425 g/mol. The minimum Gasteiger partial charge on any atom is -0.369 e. The second kappa shape index (κ2) is 8.16. The first kappa shape index (κ1) is 19.9. The van der Waals surface area contributed by atoms with Crippen molar-refractivity contribution in [3.8, 4) is 0 Å². The molecule has 0 bridgehead atoms. The summed E-state index contributed by atoms with van der Waals surface area (Å²) in [5, 5.41) is 0.347. The zero-order valence-electron chi connectivity index (χ0n) is 15.6. The summed E-state index contributed by atoms with van der Waals surface area (Å²) >= 11 is 6.02. The number of alkyl halides is 3. The van der Waals surface area contributed by atoms with Gasteiger partial charge in [-0.1, -0.05) is 17.7 Å². The van der Waals surface area contributed by atoms with Crippen LogP contribution in [0, 0.1) is 0 Å². The Balaban J connectivity index is 1.29. The van der Waals surface area contributed by atoms with Crippen LogP contribution in [0.15, 0.2) is 36.9 Å². The minimum absolute atomic E-state index is 0.347. The van der Waals surface area contributed by atoms with Crippen molar-refractivity contribution in [2.75, 3.05) is 37.6 Å². The zero-order chi connectivity index (χ0) is 20.4. The zero-order valence-corrected chi connectivity index (χ0v) is 16.4. The fourth-order valence-electron chi connectivity index (χ4n) is 3.59. The van der Waals surface area contributed by atoms with Crippen molar-refractivity contribution in [1.29, 1.82) is 0 Å². The molecule has 0 aliphatic carbocycles. The fraction of sp³-hybridized carbons (Fsp3) is 0.421. The summed E-state index contributed by atoms with van der Waals surface area (Å²) in [7, 11) is 0. The number of nitrogens with zero attached hydrogens (tertiary/aromatic N) is 6. The van der Waals surface area contributed by atoms with Gasteiger partial charge in [0.15, 0.2) is 10.8 Å². The Morgan fingerprint density at radius 1 is 1.00 bits per heavy atom. The van der Waals surface area contributed by atoms with E-state index in [1.807, 2.05) is 9.47 Å². The molecule has 6 nitrogen and oxygen atoms in total. The molecule has 0 N–H and O–H groups in total. The van der Waals surface area contributed by atoms with Gasteiger partial charge in [0.1, 0.15) is 11.8 Å². The molecule has 4 rings (SSSR count). The number of aromatic nitrogens is 4. The first-order valence-corrected chi connectivity index (χ1v) is 9.75. The molecule has 1 fully saturated rings. The van der Waals surface area contributed by atoms with Crippen LogP contribution in [0.4, 0.5) is 18.9 Å². The molecule has 2 aromatic heterocycles. The summed E-state index contributed by atoms with van der Waals surface area (Å²) in [4.78, 5) is 16.8. The number of hydrogen-bond acceptors (Lipinski definition) is 5. The van der Waals surface area contributed by atoms with Crippen molar-refractivity contribution >= 4 is 28.5 Å². The molecular weight excluding hydrogens is 405 g/mol. The topological polar surface area (TPSA) is 50.1 Å². The summed E-state index contributed by atoms with van der Waals surface area (Å²) < 4.78 is 40.7. The Kier molecular flexibility index (Phi) is 5.60. The van der Waals surface area contributed by atoms with E-state index in [0.29, 0.717) is 29.4 Å². The number of halogens is 4. The number of hydrogen-bond donors (Lipinski definition) is 0. The maximum Gasteiger partial charge on any atom is 0.416 e. The van der Waals surface area contributed by atoms with Crippen LogP contribution in [0.25, 0.3) is 11.2 Å². The lowest BCUT2D eigenvalue weighted by Crippen LogP contribution is -2.46. The van der Waals surface area contributed by atoms with E-state index in [9.17, 15) is 13.2 Å². The third kappa shape index (κ3) is 4.45. The molecule has 29 heavy (non-hydrogen) atoms. The maximum atomic E-state index is 12.9. The quantitative estimate of drug-likeness (QED) is 0.584. The molecule has 3 heterocycles. The van der Waals surface area contributed by atoms with Crippen LogP contribution in [0.5, 0.6) is 0 Å². The highest BCUT2D eigenvalue weighted by Gasteiger charge is 2.31. The molecular formula is C19H20ClF3N6. The van der Waals surface area contributed by atoms with Gasteiger partial charge in [0.2, 0.25) is 0 Å². The lowest BCUT2D eigenvalue weighted by Gasteiger charge is -2.36. The summed E-state index contributed by atoms with van der Waals surface area (Å²) in [6, 6.07) is 5.54. The van der Waals surface area contributed by atoms with Crippen LogP contribution in [-0.2, 0) is 12.7 Å². The van der Waals surface area contributed by atoms with Gasteiger partial charge in [-0.2, -0.15) is 13.2 Å². The van der Waals surface area contributed by atoms with Crippen LogP contribution in [0.3, 0.4) is 0 Å². The lowest BCUT2D eigenvalue weighted by molar-refractivity contribution is -0.137. The highest BCUT2D eigenvalue weighted by molar-refractivity contribution is 6.33. The third-order valence-electron chi connectivity index (χ3n) is 5.14. The molecule has 0 unspecified atom stereocenters. The first-order chi connectivity index (χ1) is 13.9. The van der Waals surface area contributed by atoms with Crippen molar-refractivity contribution in [3.63, 3.8) is 0 Å². The molecule has 1 aromatic carbocycles. The van der Waals surface area contributed by atoms with E-state index < -0.39 is 11.7 Å². The molecule has 0 spiro atoms. The van der Waals surface area contributed by atoms with Gasteiger partial charge in [0, 0.05) is 38.4 Å².